The molecular weight excluding hydrogens is 583 g/mol. The van der Waals surface area contributed by atoms with Gasteiger partial charge in [-0.3, -0.25) is 9.59 Å². The molecule has 0 saturated heterocycles. The lowest BCUT2D eigenvalue weighted by atomic mass is 9.99. The van der Waals surface area contributed by atoms with E-state index < -0.39 is 0 Å². The van der Waals surface area contributed by atoms with Crippen LogP contribution in [0.25, 0.3) is 5.82 Å². The number of aromatic nitrogens is 3. The summed E-state index contributed by atoms with van der Waals surface area (Å²) in [4.78, 5) is 30.6. The van der Waals surface area contributed by atoms with Gasteiger partial charge in [0.25, 0.3) is 5.91 Å². The number of hydrogen-bond donors (Lipinski definition) is 1. The van der Waals surface area contributed by atoms with Gasteiger partial charge in [-0.05, 0) is 71.4 Å². The molecule has 1 saturated carbocycles. The Morgan fingerprint density at radius 2 is 2.00 bits per heavy atom. The van der Waals surface area contributed by atoms with E-state index in [0.717, 1.165) is 12.8 Å². The van der Waals surface area contributed by atoms with Gasteiger partial charge in [0.15, 0.2) is 11.6 Å². The van der Waals surface area contributed by atoms with Crippen LogP contribution in [0.5, 0.6) is 0 Å². The largest absolute Gasteiger partial charge is 0.349 e. The van der Waals surface area contributed by atoms with Gasteiger partial charge in [0.2, 0.25) is 0 Å². The number of rotatable bonds is 7. The van der Waals surface area contributed by atoms with Crippen molar-refractivity contribution in [3.8, 4) is 5.82 Å². The monoisotopic (exact) mass is 598 g/mol. The Hall–Kier alpha value is -1.74. The molecule has 1 unspecified atom stereocenters. The third-order valence-corrected chi connectivity index (χ3v) is 6.94. The molecule has 0 bridgehead atoms. The first kappa shape index (κ1) is 23.4. The van der Waals surface area contributed by atoms with E-state index in [1.165, 1.54) is 4.68 Å². The van der Waals surface area contributed by atoms with E-state index in [4.69, 9.17) is 23.2 Å². The van der Waals surface area contributed by atoms with Gasteiger partial charge in [-0.15, -0.1) is 0 Å². The van der Waals surface area contributed by atoms with Gasteiger partial charge in [-0.1, -0.05) is 39.1 Å². The van der Waals surface area contributed by atoms with Gasteiger partial charge in [0.05, 0.1) is 5.02 Å². The number of halogens is 4. The van der Waals surface area contributed by atoms with E-state index in [2.05, 4.69) is 47.3 Å². The van der Waals surface area contributed by atoms with E-state index in [0.29, 0.717) is 42.0 Å². The number of carbonyl (C=O) groups excluding carboxylic acids is 2. The minimum absolute atomic E-state index is 0.0408. The first-order valence-corrected chi connectivity index (χ1v) is 12.3. The Bertz CT molecular complexity index is 1210. The summed E-state index contributed by atoms with van der Waals surface area (Å²) in [5.74, 6) is 0.339. The molecule has 1 aliphatic rings. The molecule has 32 heavy (non-hydrogen) atoms. The fourth-order valence-electron chi connectivity index (χ4n) is 3.48. The zero-order chi connectivity index (χ0) is 23.0. The maximum absolute atomic E-state index is 13.3. The number of carbonyl (C=O) groups is 2. The number of nitrogens with one attached hydrogen (secondary N) is 1. The van der Waals surface area contributed by atoms with Crippen molar-refractivity contribution < 1.29 is 9.59 Å². The number of pyridine rings is 1. The van der Waals surface area contributed by atoms with Crippen molar-refractivity contribution in [1.29, 1.82) is 0 Å². The zero-order valence-corrected chi connectivity index (χ0v) is 21.6. The Balaban J connectivity index is 1.67. The molecule has 1 atom stereocenters. The molecule has 4 rings (SSSR count). The van der Waals surface area contributed by atoms with Gasteiger partial charge in [0, 0.05) is 39.8 Å². The third kappa shape index (κ3) is 5.09. The molecule has 1 aromatic carbocycles. The summed E-state index contributed by atoms with van der Waals surface area (Å²) in [7, 11) is 0. The molecule has 1 fully saturated rings. The molecule has 166 valence electrons. The van der Waals surface area contributed by atoms with E-state index in [1.54, 1.807) is 36.5 Å². The summed E-state index contributed by atoms with van der Waals surface area (Å²) in [5, 5.41) is 8.12. The normalized spacial score (nSPS) is 14.3. The topological polar surface area (TPSA) is 76.9 Å². The zero-order valence-electron chi connectivity index (χ0n) is 16.9. The van der Waals surface area contributed by atoms with Crippen LogP contribution >= 0.6 is 55.1 Å². The highest BCUT2D eigenvalue weighted by Gasteiger charge is 2.30. The summed E-state index contributed by atoms with van der Waals surface area (Å²) in [6, 6.07) is 8.30. The van der Waals surface area contributed by atoms with Gasteiger partial charge >= 0.3 is 0 Å². The number of ketones is 1. The van der Waals surface area contributed by atoms with Crippen LogP contribution in [-0.4, -0.2) is 32.5 Å². The van der Waals surface area contributed by atoms with Crippen molar-refractivity contribution in [2.24, 2.45) is 5.92 Å². The van der Waals surface area contributed by atoms with Gasteiger partial charge in [-0.2, -0.15) is 5.10 Å². The molecule has 6 nitrogen and oxygen atoms in total. The van der Waals surface area contributed by atoms with E-state index in [9.17, 15) is 9.59 Å². The highest BCUT2D eigenvalue weighted by molar-refractivity contribution is 9.10. The van der Waals surface area contributed by atoms with Gasteiger partial charge < -0.3 is 5.32 Å². The molecule has 1 amide bonds. The van der Waals surface area contributed by atoms with Crippen LogP contribution in [0.2, 0.25) is 10.0 Å². The fourth-order valence-corrected chi connectivity index (χ4v) is 5.01. The van der Waals surface area contributed by atoms with Gasteiger partial charge in [-0.25, -0.2) is 9.67 Å². The Labute approximate surface area is 212 Å². The number of hydrogen-bond acceptors (Lipinski definition) is 4. The van der Waals surface area contributed by atoms with Crippen molar-refractivity contribution in [1.82, 2.24) is 20.1 Å². The second kappa shape index (κ2) is 9.63. The van der Waals surface area contributed by atoms with Crippen LogP contribution in [0.1, 0.15) is 46.2 Å². The van der Waals surface area contributed by atoms with Crippen LogP contribution in [0, 0.1) is 5.92 Å². The first-order valence-electron chi connectivity index (χ1n) is 9.93. The number of amides is 1. The van der Waals surface area contributed by atoms with Crippen molar-refractivity contribution in [3.63, 3.8) is 0 Å². The smallest absolute Gasteiger partial charge is 0.251 e. The van der Waals surface area contributed by atoms with Crippen LogP contribution in [0.3, 0.4) is 0 Å². The van der Waals surface area contributed by atoms with Crippen LogP contribution < -0.4 is 5.32 Å². The second-order valence-electron chi connectivity index (χ2n) is 7.69. The van der Waals surface area contributed by atoms with Crippen molar-refractivity contribution in [2.45, 2.75) is 32.2 Å². The maximum Gasteiger partial charge on any atom is 0.251 e. The molecule has 10 heteroatoms. The molecule has 1 aliphatic carbocycles. The molecule has 2 heterocycles. The predicted octanol–water partition coefficient (Wildman–Crippen LogP) is 6.05. The average molecular weight is 601 g/mol. The molecule has 1 N–H and O–H groups in total. The van der Waals surface area contributed by atoms with Crippen LogP contribution in [0.4, 0.5) is 0 Å². The highest BCUT2D eigenvalue weighted by atomic mass is 79.9. The lowest BCUT2D eigenvalue weighted by molar-refractivity contribution is 0.0934. The Kier molecular flexibility index (Phi) is 7.05. The quantitative estimate of drug-likeness (QED) is 0.335. The van der Waals surface area contributed by atoms with Crippen molar-refractivity contribution >= 4 is 66.8 Å². The van der Waals surface area contributed by atoms with Crippen LogP contribution in [0.15, 0.2) is 45.6 Å². The highest BCUT2D eigenvalue weighted by Crippen LogP contribution is 2.33. The summed E-state index contributed by atoms with van der Waals surface area (Å²) >= 11 is 19.3. The average Bonchev–Trinajstić information content (AvgIpc) is 3.52. The van der Waals surface area contributed by atoms with E-state index in [-0.39, 0.29) is 29.8 Å². The molecule has 3 aromatic rings. The minimum Gasteiger partial charge on any atom is -0.349 e. The SMILES string of the molecule is CC(NC(=O)c1cc(Cl)cc(Br)c1CC(=O)c1cc(Br)nn1-c1ncccc1Cl)C1CC1. The molecule has 0 aliphatic heterocycles. The molecule has 2 aromatic heterocycles. The van der Waals surface area contributed by atoms with E-state index >= 15 is 0 Å². The lowest BCUT2D eigenvalue weighted by Crippen LogP contribution is -2.34. The van der Waals surface area contributed by atoms with Gasteiger partial charge in [0.1, 0.15) is 10.3 Å². The van der Waals surface area contributed by atoms with Crippen molar-refractivity contribution in [2.75, 3.05) is 0 Å². The summed E-state index contributed by atoms with van der Waals surface area (Å²) in [5.41, 5.74) is 1.21. The lowest BCUT2D eigenvalue weighted by Gasteiger charge is -2.16. The molecule has 0 radical (unpaired) electrons. The number of Topliss-reactive ketones (excluding diaryl/α,β-unsaturated/α-hetero) is 1. The first-order chi connectivity index (χ1) is 15.2. The minimum atomic E-state index is -0.253. The second-order valence-corrected chi connectivity index (χ2v) is 10.2. The summed E-state index contributed by atoms with van der Waals surface area (Å²) < 4.78 is 2.45. The Morgan fingerprint density at radius 3 is 2.69 bits per heavy atom. The number of nitrogens with zero attached hydrogens (tertiary/aromatic N) is 3. The fraction of sp³-hybridized carbons (Fsp3) is 0.273. The van der Waals surface area contributed by atoms with Crippen molar-refractivity contribution in [3.05, 3.63) is 72.5 Å². The summed E-state index contributed by atoms with van der Waals surface area (Å²) in [6.45, 7) is 1.99. The molecule has 0 spiro atoms. The summed E-state index contributed by atoms with van der Waals surface area (Å²) in [6.07, 6.45) is 3.76. The standard InChI is InChI=1S/C22H18Br2Cl2N4O2/c1-11(12-4-5-12)28-22(32)15-7-13(25)8-16(23)14(15)9-19(31)18-10-20(24)29-30(18)21-17(26)3-2-6-27-21/h2-3,6-8,10-12H,4-5,9H2,1H3,(H,28,32). The van der Waals surface area contributed by atoms with E-state index in [1.807, 2.05) is 6.92 Å². The predicted molar refractivity (Wildman–Crippen MR) is 131 cm³/mol. The third-order valence-electron chi connectivity index (χ3n) is 5.33. The Morgan fingerprint density at radius 1 is 1.25 bits per heavy atom. The maximum atomic E-state index is 13.3. The van der Waals surface area contributed by atoms with Crippen LogP contribution in [-0.2, 0) is 6.42 Å². The molecular formula is C22H18Br2Cl2N4O2. The number of benzene rings is 1.